The van der Waals surface area contributed by atoms with E-state index in [2.05, 4.69) is 25.3 Å². The normalized spacial score (nSPS) is 13.8. The van der Waals surface area contributed by atoms with Crippen molar-refractivity contribution in [1.29, 1.82) is 0 Å². The number of phenols is 2. The fourth-order valence-electron chi connectivity index (χ4n) is 2.43. The maximum Gasteiger partial charge on any atom is 0.124 e. The van der Waals surface area contributed by atoms with Gasteiger partial charge in [0, 0.05) is 12.8 Å². The maximum absolute atomic E-state index is 9.63. The van der Waals surface area contributed by atoms with E-state index in [1.54, 1.807) is 24.3 Å². The Balaban J connectivity index is 0.000000452. The van der Waals surface area contributed by atoms with E-state index in [1.165, 1.54) is 0 Å². The summed E-state index contributed by atoms with van der Waals surface area (Å²) in [5.74, 6) is -3.44. The van der Waals surface area contributed by atoms with Gasteiger partial charge in [-0.25, -0.2) is 0 Å². The average molecular weight is 453 g/mol. The second kappa shape index (κ2) is 14.8. The van der Waals surface area contributed by atoms with Crippen molar-refractivity contribution >= 4 is 11.9 Å². The number of carboxylic acids is 2. The monoisotopic (exact) mass is 452 g/mol. The maximum atomic E-state index is 9.63. The molecular weight excluding hydrogens is 420 g/mol. The van der Waals surface area contributed by atoms with Gasteiger partial charge in [-0.1, -0.05) is 24.3 Å². The molecule has 0 radical (unpaired) electrons. The molecular formula is C22H32N2O8. The highest BCUT2D eigenvalue weighted by Crippen LogP contribution is 2.12. The number of benzene rings is 2. The van der Waals surface area contributed by atoms with Gasteiger partial charge in [-0.2, -0.15) is 0 Å². The van der Waals surface area contributed by atoms with Crippen LogP contribution in [0, 0.1) is 0 Å². The zero-order valence-electron chi connectivity index (χ0n) is 18.2. The number of aliphatic hydroxyl groups excluding tert-OH is 2. The molecule has 10 nitrogen and oxygen atoms in total. The van der Waals surface area contributed by atoms with Gasteiger partial charge in [-0.15, -0.1) is 0 Å². The molecule has 0 heterocycles. The summed E-state index contributed by atoms with van der Waals surface area (Å²) in [6, 6.07) is 15.4. The first-order valence-electron chi connectivity index (χ1n) is 9.83. The lowest BCUT2D eigenvalue weighted by molar-refractivity contribution is -0.413. The third kappa shape index (κ3) is 13.2. The molecule has 0 aliphatic carbocycles. The summed E-state index contributed by atoms with van der Waals surface area (Å²) in [6.45, 7) is 4.12. The van der Waals surface area contributed by atoms with E-state index in [0.717, 1.165) is 24.0 Å². The highest BCUT2D eigenvalue weighted by atomic mass is 16.4. The standard InChI is InChI=1S/2C9H13NO.C4H6O6/c2*1-7(10)5-8-3-2-4-9(11)6-8;5-1(3(7)8)2(6)4(9)10/h2*2-4,6-7,11H,5,10H2,1H3;1-2,5-6H,(H,7,8)(H,9,10)/t2*7-;1-,2-/m111/s1. The van der Waals surface area contributed by atoms with E-state index in [0.29, 0.717) is 23.6 Å². The SMILES string of the molecule is C[C@@H]([NH3+])Cc1cccc(O)c1.C[C@@H]([NH3+])Cc1cccc(O)c1.O=C([O-])[C@H](O)[C@@H](O)C(=O)[O-]. The molecule has 0 amide bonds. The van der Waals surface area contributed by atoms with Crippen LogP contribution in [-0.4, -0.2) is 56.7 Å². The van der Waals surface area contributed by atoms with Gasteiger partial charge in [0.1, 0.15) is 23.7 Å². The third-order valence-electron chi connectivity index (χ3n) is 3.77. The number of rotatable bonds is 7. The number of quaternary nitrogens is 2. The number of phenolic OH excluding ortho intramolecular Hbond substituents is 2. The van der Waals surface area contributed by atoms with Crippen LogP contribution in [0.4, 0.5) is 0 Å². The predicted octanol–water partition coefficient (Wildman–Crippen LogP) is -3.66. The lowest BCUT2D eigenvalue weighted by atomic mass is 10.1. The van der Waals surface area contributed by atoms with Crippen molar-refractivity contribution in [1.82, 2.24) is 0 Å². The summed E-state index contributed by atoms with van der Waals surface area (Å²) >= 11 is 0. The fourth-order valence-corrected chi connectivity index (χ4v) is 2.43. The largest absolute Gasteiger partial charge is 0.547 e. The number of hydrogen-bond acceptors (Lipinski definition) is 8. The Kier molecular flexibility index (Phi) is 13.3. The summed E-state index contributed by atoms with van der Waals surface area (Å²) in [5.41, 5.74) is 10.1. The highest BCUT2D eigenvalue weighted by molar-refractivity contribution is 5.80. The van der Waals surface area contributed by atoms with Gasteiger partial charge in [0.25, 0.3) is 0 Å². The van der Waals surface area contributed by atoms with Crippen molar-refractivity contribution in [2.75, 3.05) is 0 Å². The number of carbonyl (C=O) groups excluding carboxylic acids is 2. The second-order valence-electron chi connectivity index (χ2n) is 7.49. The van der Waals surface area contributed by atoms with Crippen LogP contribution in [0.3, 0.4) is 0 Å². The molecule has 0 unspecified atom stereocenters. The van der Waals surface area contributed by atoms with Gasteiger partial charge in [0.2, 0.25) is 0 Å². The Hall–Kier alpha value is -3.18. The summed E-state index contributed by atoms with van der Waals surface area (Å²) in [5, 5.41) is 53.9. The Bertz CT molecular complexity index is 773. The molecule has 32 heavy (non-hydrogen) atoms. The summed E-state index contributed by atoms with van der Waals surface area (Å²) in [7, 11) is 0. The molecule has 178 valence electrons. The number of carboxylic acid groups (broad SMARTS) is 2. The van der Waals surface area contributed by atoms with Crippen LogP contribution in [0.25, 0.3) is 0 Å². The number of aliphatic hydroxyl groups is 2. The average Bonchev–Trinajstić information content (AvgIpc) is 2.66. The molecule has 10 N–H and O–H groups in total. The predicted molar refractivity (Wildman–Crippen MR) is 110 cm³/mol. The van der Waals surface area contributed by atoms with Gasteiger partial charge in [0.05, 0.1) is 24.0 Å². The van der Waals surface area contributed by atoms with Crippen LogP contribution in [0.15, 0.2) is 48.5 Å². The van der Waals surface area contributed by atoms with E-state index in [1.807, 2.05) is 24.3 Å². The van der Waals surface area contributed by atoms with Crippen LogP contribution in [0.1, 0.15) is 25.0 Å². The molecule has 2 rings (SSSR count). The van der Waals surface area contributed by atoms with E-state index >= 15 is 0 Å². The zero-order valence-corrected chi connectivity index (χ0v) is 18.2. The van der Waals surface area contributed by atoms with E-state index in [4.69, 9.17) is 20.4 Å². The molecule has 0 spiro atoms. The minimum Gasteiger partial charge on any atom is -0.547 e. The molecule has 0 bridgehead atoms. The molecule has 0 saturated heterocycles. The topological polar surface area (TPSA) is 216 Å². The first-order chi connectivity index (χ1) is 14.8. The summed E-state index contributed by atoms with van der Waals surface area (Å²) in [4.78, 5) is 19.3. The van der Waals surface area contributed by atoms with Crippen LogP contribution in [-0.2, 0) is 22.4 Å². The summed E-state index contributed by atoms with van der Waals surface area (Å²) in [6.07, 6.45) is -3.03. The van der Waals surface area contributed by atoms with Crippen molar-refractivity contribution in [3.8, 4) is 11.5 Å². The van der Waals surface area contributed by atoms with E-state index < -0.39 is 24.1 Å². The van der Waals surface area contributed by atoms with Crippen molar-refractivity contribution in [3.63, 3.8) is 0 Å². The van der Waals surface area contributed by atoms with Crippen molar-refractivity contribution < 1.29 is 51.7 Å². The Labute approximate surface area is 186 Å². The van der Waals surface area contributed by atoms with Gasteiger partial charge < -0.3 is 51.7 Å². The van der Waals surface area contributed by atoms with Gasteiger partial charge in [0.15, 0.2) is 0 Å². The molecule has 0 fully saturated rings. The Morgan fingerprint density at radius 1 is 0.781 bits per heavy atom. The molecule has 0 aliphatic heterocycles. The molecule has 0 saturated carbocycles. The lowest BCUT2D eigenvalue weighted by Gasteiger charge is -2.18. The third-order valence-corrected chi connectivity index (χ3v) is 3.77. The first kappa shape index (κ1) is 28.8. The Morgan fingerprint density at radius 3 is 1.31 bits per heavy atom. The van der Waals surface area contributed by atoms with Crippen molar-refractivity contribution in [3.05, 3.63) is 59.7 Å². The van der Waals surface area contributed by atoms with Gasteiger partial charge in [-0.3, -0.25) is 0 Å². The molecule has 0 aromatic heterocycles. The minimum absolute atomic E-state index is 0.336. The van der Waals surface area contributed by atoms with Crippen molar-refractivity contribution in [2.24, 2.45) is 0 Å². The number of aromatic hydroxyl groups is 2. The van der Waals surface area contributed by atoms with E-state index in [9.17, 15) is 19.8 Å². The minimum atomic E-state index is -2.44. The lowest BCUT2D eigenvalue weighted by Crippen LogP contribution is -2.60. The van der Waals surface area contributed by atoms with Gasteiger partial charge >= 0.3 is 0 Å². The summed E-state index contributed by atoms with van der Waals surface area (Å²) < 4.78 is 0. The molecule has 2 aromatic carbocycles. The van der Waals surface area contributed by atoms with Crippen molar-refractivity contribution in [2.45, 2.75) is 51.0 Å². The second-order valence-corrected chi connectivity index (χ2v) is 7.49. The molecule has 0 aliphatic rings. The molecule has 10 heteroatoms. The fraction of sp³-hybridized carbons (Fsp3) is 0.364. The molecule has 4 atom stereocenters. The van der Waals surface area contributed by atoms with Crippen LogP contribution < -0.4 is 21.7 Å². The van der Waals surface area contributed by atoms with Gasteiger partial charge in [-0.05, 0) is 49.2 Å². The number of hydrogen-bond donors (Lipinski definition) is 6. The van der Waals surface area contributed by atoms with Crippen LogP contribution >= 0.6 is 0 Å². The smallest absolute Gasteiger partial charge is 0.124 e. The first-order valence-corrected chi connectivity index (χ1v) is 9.83. The Morgan fingerprint density at radius 2 is 1.09 bits per heavy atom. The van der Waals surface area contributed by atoms with Crippen LogP contribution in [0.2, 0.25) is 0 Å². The number of carbonyl (C=O) groups is 2. The number of aliphatic carboxylic acids is 2. The van der Waals surface area contributed by atoms with E-state index in [-0.39, 0.29) is 0 Å². The highest BCUT2D eigenvalue weighted by Gasteiger charge is 2.17. The zero-order chi connectivity index (χ0) is 24.8. The quantitative estimate of drug-likeness (QED) is 0.245. The molecule has 2 aromatic rings. The van der Waals surface area contributed by atoms with Crippen LogP contribution in [0.5, 0.6) is 11.5 Å².